The lowest BCUT2D eigenvalue weighted by Gasteiger charge is -2.23. The van der Waals surface area contributed by atoms with Crippen molar-refractivity contribution in [3.63, 3.8) is 0 Å². The van der Waals surface area contributed by atoms with Gasteiger partial charge in [-0.15, -0.1) is 5.06 Å². The monoisotopic (exact) mass is 469 g/mol. The van der Waals surface area contributed by atoms with E-state index in [1.807, 2.05) is 6.92 Å². The van der Waals surface area contributed by atoms with E-state index in [4.69, 9.17) is 21.0 Å². The van der Waals surface area contributed by atoms with E-state index in [0.29, 0.717) is 11.5 Å². The summed E-state index contributed by atoms with van der Waals surface area (Å²) < 4.78 is 7.17. The van der Waals surface area contributed by atoms with Gasteiger partial charge in [0, 0.05) is 0 Å². The number of amides is 2. The number of ether oxygens (including phenoxy) is 1. The van der Waals surface area contributed by atoms with Crippen molar-refractivity contribution < 1.29 is 29.4 Å². The fraction of sp³-hybridized carbons (Fsp3) is 0.381. The summed E-state index contributed by atoms with van der Waals surface area (Å²) in [6.45, 7) is 1.42. The number of imide groups is 1. The normalized spacial score (nSPS) is 24.4. The summed E-state index contributed by atoms with van der Waals surface area (Å²) in [5.74, 6) is -1.32. The van der Waals surface area contributed by atoms with Crippen molar-refractivity contribution in [2.24, 2.45) is 0 Å². The molecular weight excluding hydrogens is 446 g/mol. The second kappa shape index (κ2) is 8.29. The van der Waals surface area contributed by atoms with Crippen LogP contribution in [0, 0.1) is 0 Å². The Morgan fingerprint density at radius 1 is 1.21 bits per heavy atom. The van der Waals surface area contributed by atoms with E-state index in [0.717, 1.165) is 12.0 Å². The number of hydroxylamine groups is 2. The van der Waals surface area contributed by atoms with E-state index in [-0.39, 0.29) is 34.1 Å². The predicted octanol–water partition coefficient (Wildman–Crippen LogP) is -0.210. The number of nitrogen functional groups attached to an aromatic ring is 2. The van der Waals surface area contributed by atoms with Crippen LogP contribution in [0.3, 0.4) is 0 Å². The average Bonchev–Trinajstić information content (AvgIpc) is 3.44. The Morgan fingerprint density at radius 3 is 2.74 bits per heavy atom. The first-order chi connectivity index (χ1) is 16.3. The number of aliphatic hydroxyl groups is 2. The first kappa shape index (κ1) is 22.2. The second-order valence-electron chi connectivity index (χ2n) is 8.09. The Kier molecular flexibility index (Phi) is 5.40. The van der Waals surface area contributed by atoms with Gasteiger partial charge in [-0.1, -0.05) is 25.5 Å². The van der Waals surface area contributed by atoms with Crippen LogP contribution >= 0.6 is 0 Å². The highest BCUT2D eigenvalue weighted by Gasteiger charge is 2.50. The van der Waals surface area contributed by atoms with Crippen molar-refractivity contribution >= 4 is 34.7 Å². The maximum Gasteiger partial charge on any atom is 0.286 e. The van der Waals surface area contributed by atoms with Crippen LogP contribution in [-0.2, 0) is 16.0 Å². The summed E-state index contributed by atoms with van der Waals surface area (Å²) in [4.78, 5) is 43.8. The number of carbonyl (C=O) groups excluding carboxylic acids is 2. The van der Waals surface area contributed by atoms with E-state index in [1.54, 1.807) is 18.2 Å². The van der Waals surface area contributed by atoms with Crippen molar-refractivity contribution in [3.8, 4) is 0 Å². The maximum atomic E-state index is 13.1. The van der Waals surface area contributed by atoms with E-state index >= 15 is 0 Å². The van der Waals surface area contributed by atoms with Gasteiger partial charge in [0.25, 0.3) is 11.8 Å². The Bertz CT molecular complexity index is 1290. The zero-order valence-electron chi connectivity index (χ0n) is 18.2. The summed E-state index contributed by atoms with van der Waals surface area (Å²) in [5.41, 5.74) is 13.2. The molecule has 2 aliphatic rings. The average molecular weight is 469 g/mol. The SMILES string of the molecule is CCCc1cccc2c1C(=O)N(O[C@H]1[C@@H](O)[C@H](n3cnc4c(N)nc(N)nc43)O[C@@H]1CO)C2=O. The molecule has 0 bridgehead atoms. The fourth-order valence-electron chi connectivity index (χ4n) is 4.40. The molecule has 5 rings (SSSR count). The fourth-order valence-corrected chi connectivity index (χ4v) is 4.40. The molecule has 34 heavy (non-hydrogen) atoms. The third-order valence-electron chi connectivity index (χ3n) is 5.94. The molecule has 0 aliphatic carbocycles. The van der Waals surface area contributed by atoms with Gasteiger partial charge >= 0.3 is 0 Å². The van der Waals surface area contributed by atoms with Crippen molar-refractivity contribution in [1.29, 1.82) is 0 Å². The highest BCUT2D eigenvalue weighted by Crippen LogP contribution is 2.36. The zero-order valence-corrected chi connectivity index (χ0v) is 18.2. The molecule has 1 aromatic carbocycles. The highest BCUT2D eigenvalue weighted by molar-refractivity contribution is 6.21. The summed E-state index contributed by atoms with van der Waals surface area (Å²) in [7, 11) is 0. The molecule has 0 saturated carbocycles. The molecule has 2 aliphatic heterocycles. The molecule has 2 aromatic heterocycles. The van der Waals surface area contributed by atoms with Crippen LogP contribution in [-0.4, -0.2) is 71.5 Å². The molecule has 13 nitrogen and oxygen atoms in total. The Hall–Kier alpha value is -3.65. The minimum Gasteiger partial charge on any atom is -0.394 e. The molecule has 4 heterocycles. The van der Waals surface area contributed by atoms with Gasteiger partial charge in [0.1, 0.15) is 23.8 Å². The molecule has 1 fully saturated rings. The topological polar surface area (TPSA) is 192 Å². The summed E-state index contributed by atoms with van der Waals surface area (Å²) in [5, 5.41) is 21.5. The molecule has 6 N–H and O–H groups in total. The van der Waals surface area contributed by atoms with Crippen LogP contribution in [0.1, 0.15) is 45.9 Å². The van der Waals surface area contributed by atoms with E-state index in [9.17, 15) is 19.8 Å². The number of aliphatic hydroxyl groups excluding tert-OH is 2. The smallest absolute Gasteiger partial charge is 0.286 e. The van der Waals surface area contributed by atoms with Crippen LogP contribution in [0.2, 0.25) is 0 Å². The van der Waals surface area contributed by atoms with Gasteiger partial charge in [-0.25, -0.2) is 4.98 Å². The number of hydrogen-bond donors (Lipinski definition) is 4. The summed E-state index contributed by atoms with van der Waals surface area (Å²) in [6, 6.07) is 5.06. The number of nitrogens with zero attached hydrogens (tertiary/aromatic N) is 5. The largest absolute Gasteiger partial charge is 0.394 e. The van der Waals surface area contributed by atoms with E-state index in [2.05, 4.69) is 15.0 Å². The van der Waals surface area contributed by atoms with E-state index in [1.165, 1.54) is 10.9 Å². The standard InChI is InChI=1S/C21H23N7O6/c1-2-4-9-5-3-6-10-12(9)19(32)28(18(10)31)34-15-11(7-29)33-20(14(15)30)27-8-24-13-16(22)25-21(23)26-17(13)27/h3,5-6,8,11,14-15,20,29-30H,2,4,7H2,1H3,(H4,22,23,25,26)/t11-,14-,15-,20-/m1/s1. The van der Waals surface area contributed by atoms with Crippen LogP contribution < -0.4 is 11.5 Å². The Morgan fingerprint density at radius 2 is 2.00 bits per heavy atom. The lowest BCUT2D eigenvalue weighted by molar-refractivity contribution is -0.170. The van der Waals surface area contributed by atoms with Gasteiger partial charge in [0.2, 0.25) is 5.95 Å². The third kappa shape index (κ3) is 3.28. The molecule has 0 unspecified atom stereocenters. The molecule has 13 heteroatoms. The van der Waals surface area contributed by atoms with Gasteiger partial charge in [0.15, 0.2) is 17.7 Å². The number of rotatable bonds is 6. The number of aryl methyl sites for hydroxylation is 1. The molecule has 0 radical (unpaired) electrons. The molecular formula is C21H23N7O6. The number of hydrogen-bond acceptors (Lipinski definition) is 11. The zero-order chi connectivity index (χ0) is 24.1. The number of carbonyl (C=O) groups is 2. The van der Waals surface area contributed by atoms with Crippen molar-refractivity contribution in [2.45, 2.75) is 44.3 Å². The highest BCUT2D eigenvalue weighted by atomic mass is 16.7. The predicted molar refractivity (Wildman–Crippen MR) is 117 cm³/mol. The van der Waals surface area contributed by atoms with Crippen molar-refractivity contribution in [1.82, 2.24) is 24.6 Å². The minimum atomic E-state index is -1.41. The summed E-state index contributed by atoms with van der Waals surface area (Å²) >= 11 is 0. The molecule has 1 saturated heterocycles. The number of fused-ring (bicyclic) bond motifs is 2. The minimum absolute atomic E-state index is 0.0501. The lowest BCUT2D eigenvalue weighted by Crippen LogP contribution is -2.44. The number of aromatic nitrogens is 4. The molecule has 4 atom stereocenters. The Balaban J connectivity index is 1.45. The van der Waals surface area contributed by atoms with Gasteiger partial charge in [-0.2, -0.15) is 9.97 Å². The Labute approximate surface area is 192 Å². The molecule has 3 aromatic rings. The van der Waals surface area contributed by atoms with Crippen LogP contribution in [0.15, 0.2) is 24.5 Å². The first-order valence-corrected chi connectivity index (χ1v) is 10.7. The number of anilines is 2. The quantitative estimate of drug-likeness (QED) is 0.349. The molecule has 178 valence electrons. The van der Waals surface area contributed by atoms with Crippen molar-refractivity contribution in [2.75, 3.05) is 18.1 Å². The first-order valence-electron chi connectivity index (χ1n) is 10.7. The number of nitrogens with two attached hydrogens (primary N) is 2. The number of imidazole rings is 1. The van der Waals surface area contributed by atoms with Gasteiger partial charge in [-0.3, -0.25) is 19.0 Å². The van der Waals surface area contributed by atoms with Crippen LogP contribution in [0.4, 0.5) is 11.8 Å². The van der Waals surface area contributed by atoms with Crippen molar-refractivity contribution in [3.05, 3.63) is 41.2 Å². The van der Waals surface area contributed by atoms with Crippen LogP contribution in [0.25, 0.3) is 11.2 Å². The maximum absolute atomic E-state index is 13.1. The van der Waals surface area contributed by atoms with Crippen LogP contribution in [0.5, 0.6) is 0 Å². The van der Waals surface area contributed by atoms with Gasteiger partial charge in [-0.05, 0) is 18.1 Å². The third-order valence-corrected chi connectivity index (χ3v) is 5.94. The van der Waals surface area contributed by atoms with E-state index < -0.39 is 43.0 Å². The van der Waals surface area contributed by atoms with Gasteiger partial charge < -0.3 is 26.4 Å². The van der Waals surface area contributed by atoms with Gasteiger partial charge in [0.05, 0.1) is 24.1 Å². The number of benzene rings is 1. The summed E-state index contributed by atoms with van der Waals surface area (Å²) in [6.07, 6.45) is -2.10. The second-order valence-corrected chi connectivity index (χ2v) is 8.09. The molecule has 0 spiro atoms. The molecule has 2 amide bonds. The lowest BCUT2D eigenvalue weighted by atomic mass is 9.99.